The number of alkyl halides is 3. The topological polar surface area (TPSA) is 109 Å². The number of carbonyl (C=O) groups excluding carboxylic acids is 2. The number of amides is 2. The molecule has 0 atom stereocenters. The molecule has 0 saturated carbocycles. The number of carbonyl (C=O) groups is 2. The second-order valence-electron chi connectivity index (χ2n) is 10.6. The highest BCUT2D eigenvalue weighted by Gasteiger charge is 2.30. The Morgan fingerprint density at radius 2 is 1.76 bits per heavy atom. The number of hydrogen-bond donors (Lipinski definition) is 2. The lowest BCUT2D eigenvalue weighted by atomic mass is 10.1. The van der Waals surface area contributed by atoms with Crippen LogP contribution in [0, 0.1) is 6.92 Å². The summed E-state index contributed by atoms with van der Waals surface area (Å²) >= 11 is 0. The van der Waals surface area contributed by atoms with Gasteiger partial charge in [0, 0.05) is 57.4 Å². The Bertz CT molecular complexity index is 1710. The minimum atomic E-state index is -4.53. The van der Waals surface area contributed by atoms with E-state index in [1.54, 1.807) is 39.2 Å². The number of halogens is 3. The van der Waals surface area contributed by atoms with E-state index in [-0.39, 0.29) is 23.0 Å². The number of nitrogens with one attached hydrogen (secondary N) is 2. The number of aromatic nitrogens is 2. The summed E-state index contributed by atoms with van der Waals surface area (Å²) in [7, 11) is 1.56. The highest BCUT2D eigenvalue weighted by Crippen LogP contribution is 2.36. The molecule has 1 aliphatic heterocycles. The van der Waals surface area contributed by atoms with Crippen LogP contribution in [0.1, 0.15) is 28.4 Å². The summed E-state index contributed by atoms with van der Waals surface area (Å²) in [5, 5.41) is 6.51. The minimum Gasteiger partial charge on any atom is -0.495 e. The standard InChI is InChI=1S/C32H33F3N6O4/c1-20-7-8-22(30(43)39-24-6-4-5-23(16-24)32(33,34)35)15-28(20)45-31-25-17-29(44-3)27(18-26(25)37-19-38-31)36-9-10-40-11-13-41(14-12-40)21(2)42/h4-8,15-19,36H,9-14H2,1-3H3,(H,39,43). The van der Waals surface area contributed by atoms with Crippen molar-refractivity contribution in [3.63, 3.8) is 0 Å². The Balaban J connectivity index is 1.30. The number of nitrogens with zero attached hydrogens (tertiary/aromatic N) is 4. The summed E-state index contributed by atoms with van der Waals surface area (Å²) in [6.07, 6.45) is -3.15. The second-order valence-corrected chi connectivity index (χ2v) is 10.6. The van der Waals surface area contributed by atoms with Crippen molar-refractivity contribution in [2.45, 2.75) is 20.0 Å². The van der Waals surface area contributed by atoms with E-state index in [0.717, 1.165) is 50.5 Å². The van der Waals surface area contributed by atoms with Crippen LogP contribution in [0.2, 0.25) is 0 Å². The molecule has 0 unspecified atom stereocenters. The molecule has 4 aromatic rings. The molecule has 0 radical (unpaired) electrons. The van der Waals surface area contributed by atoms with E-state index in [1.807, 2.05) is 11.0 Å². The molecule has 45 heavy (non-hydrogen) atoms. The zero-order valence-corrected chi connectivity index (χ0v) is 25.1. The molecule has 13 heteroatoms. The molecule has 1 aromatic heterocycles. The monoisotopic (exact) mass is 622 g/mol. The largest absolute Gasteiger partial charge is 0.495 e. The van der Waals surface area contributed by atoms with Gasteiger partial charge in [0.2, 0.25) is 11.8 Å². The van der Waals surface area contributed by atoms with Crippen molar-refractivity contribution in [3.05, 3.63) is 77.6 Å². The fourth-order valence-electron chi connectivity index (χ4n) is 5.01. The number of rotatable bonds is 9. The molecule has 1 aliphatic rings. The molecule has 2 N–H and O–H groups in total. The van der Waals surface area contributed by atoms with Crippen LogP contribution in [-0.4, -0.2) is 78.0 Å². The molecule has 0 aliphatic carbocycles. The van der Waals surface area contributed by atoms with Gasteiger partial charge >= 0.3 is 6.18 Å². The van der Waals surface area contributed by atoms with E-state index in [0.29, 0.717) is 34.5 Å². The third-order valence-corrected chi connectivity index (χ3v) is 7.59. The minimum absolute atomic E-state index is 0.0201. The van der Waals surface area contributed by atoms with Gasteiger partial charge in [0.05, 0.1) is 29.3 Å². The fourth-order valence-corrected chi connectivity index (χ4v) is 5.01. The summed E-state index contributed by atoms with van der Waals surface area (Å²) in [4.78, 5) is 37.4. The molecular formula is C32H33F3N6O4. The third kappa shape index (κ3) is 7.60. The van der Waals surface area contributed by atoms with Gasteiger partial charge in [-0.15, -0.1) is 0 Å². The number of hydrogen-bond acceptors (Lipinski definition) is 8. The first-order chi connectivity index (χ1) is 21.5. The summed E-state index contributed by atoms with van der Waals surface area (Å²) in [6.45, 7) is 7.92. The van der Waals surface area contributed by atoms with Crippen LogP contribution in [-0.2, 0) is 11.0 Å². The SMILES string of the molecule is COc1cc2c(Oc3cc(C(=O)Nc4cccc(C(F)(F)F)c4)ccc3C)ncnc2cc1NCCN1CCN(C(C)=O)CC1. The highest BCUT2D eigenvalue weighted by molar-refractivity contribution is 6.04. The van der Waals surface area contributed by atoms with Crippen LogP contribution in [0.4, 0.5) is 24.5 Å². The van der Waals surface area contributed by atoms with Crippen LogP contribution < -0.4 is 20.1 Å². The number of piperazine rings is 1. The number of methoxy groups -OCH3 is 1. The fraction of sp³-hybridized carbons (Fsp3) is 0.312. The van der Waals surface area contributed by atoms with Crippen LogP contribution in [0.25, 0.3) is 10.9 Å². The van der Waals surface area contributed by atoms with Crippen molar-refractivity contribution in [2.75, 3.05) is 57.0 Å². The first kappa shape index (κ1) is 31.5. The molecule has 1 fully saturated rings. The van der Waals surface area contributed by atoms with Gasteiger partial charge in [-0.2, -0.15) is 13.2 Å². The molecular weight excluding hydrogens is 589 g/mol. The number of aryl methyl sites for hydroxylation is 1. The zero-order valence-electron chi connectivity index (χ0n) is 25.1. The van der Waals surface area contributed by atoms with Gasteiger partial charge in [0.15, 0.2) is 0 Å². The Kier molecular flexibility index (Phi) is 9.37. The molecule has 2 amide bonds. The van der Waals surface area contributed by atoms with Crippen molar-refractivity contribution >= 4 is 34.1 Å². The Hall–Kier alpha value is -4.91. The Labute approximate surface area is 258 Å². The Morgan fingerprint density at radius 1 is 0.978 bits per heavy atom. The predicted octanol–water partition coefficient (Wildman–Crippen LogP) is 5.59. The first-order valence-electron chi connectivity index (χ1n) is 14.3. The van der Waals surface area contributed by atoms with Crippen LogP contribution >= 0.6 is 0 Å². The maximum Gasteiger partial charge on any atom is 0.416 e. The maximum absolute atomic E-state index is 13.1. The molecule has 0 spiro atoms. The average molecular weight is 623 g/mol. The molecule has 236 valence electrons. The smallest absolute Gasteiger partial charge is 0.416 e. The van der Waals surface area contributed by atoms with Crippen molar-refractivity contribution in [2.24, 2.45) is 0 Å². The maximum atomic E-state index is 13.1. The van der Waals surface area contributed by atoms with Crippen LogP contribution in [0.5, 0.6) is 17.4 Å². The lowest BCUT2D eigenvalue weighted by Gasteiger charge is -2.34. The zero-order chi connectivity index (χ0) is 32.1. The number of anilines is 2. The summed E-state index contributed by atoms with van der Waals surface area (Å²) < 4.78 is 51.1. The van der Waals surface area contributed by atoms with Crippen molar-refractivity contribution in [1.29, 1.82) is 0 Å². The van der Waals surface area contributed by atoms with Crippen LogP contribution in [0.3, 0.4) is 0 Å². The Morgan fingerprint density at radius 3 is 2.47 bits per heavy atom. The van der Waals surface area contributed by atoms with E-state index in [1.165, 1.54) is 24.5 Å². The third-order valence-electron chi connectivity index (χ3n) is 7.59. The average Bonchev–Trinajstić information content (AvgIpc) is 3.02. The lowest BCUT2D eigenvalue weighted by molar-refractivity contribution is -0.137. The number of benzene rings is 3. The van der Waals surface area contributed by atoms with Gasteiger partial charge in [-0.05, 0) is 55.0 Å². The van der Waals surface area contributed by atoms with Gasteiger partial charge in [0.1, 0.15) is 17.8 Å². The molecule has 10 nitrogen and oxygen atoms in total. The van der Waals surface area contributed by atoms with Gasteiger partial charge in [-0.1, -0.05) is 12.1 Å². The first-order valence-corrected chi connectivity index (χ1v) is 14.3. The second kappa shape index (κ2) is 13.4. The molecule has 5 rings (SSSR count). The molecule has 1 saturated heterocycles. The van der Waals surface area contributed by atoms with Crippen molar-refractivity contribution < 1.29 is 32.2 Å². The molecule has 0 bridgehead atoms. The quantitative estimate of drug-likeness (QED) is 0.249. The van der Waals surface area contributed by atoms with Crippen molar-refractivity contribution in [3.8, 4) is 17.4 Å². The van der Waals surface area contributed by atoms with Gasteiger partial charge in [-0.3, -0.25) is 14.5 Å². The van der Waals surface area contributed by atoms with Crippen molar-refractivity contribution in [1.82, 2.24) is 19.8 Å². The van der Waals surface area contributed by atoms with Gasteiger partial charge in [-0.25, -0.2) is 9.97 Å². The van der Waals surface area contributed by atoms with Gasteiger partial charge < -0.3 is 25.0 Å². The van der Waals surface area contributed by atoms with E-state index in [4.69, 9.17) is 9.47 Å². The van der Waals surface area contributed by atoms with E-state index in [2.05, 4.69) is 25.5 Å². The van der Waals surface area contributed by atoms with Gasteiger partial charge in [0.25, 0.3) is 5.91 Å². The molecule has 3 aromatic carbocycles. The summed E-state index contributed by atoms with van der Waals surface area (Å²) in [5.74, 6) is 0.658. The van der Waals surface area contributed by atoms with Crippen LogP contribution in [0.15, 0.2) is 60.9 Å². The predicted molar refractivity (Wildman–Crippen MR) is 164 cm³/mol. The molecule has 2 heterocycles. The summed E-state index contributed by atoms with van der Waals surface area (Å²) in [5.41, 5.74) is 1.43. The van der Waals surface area contributed by atoms with E-state index >= 15 is 0 Å². The van der Waals surface area contributed by atoms with E-state index in [9.17, 15) is 22.8 Å². The van der Waals surface area contributed by atoms with E-state index < -0.39 is 17.6 Å². The number of fused-ring (bicyclic) bond motifs is 1. The highest BCUT2D eigenvalue weighted by atomic mass is 19.4. The lowest BCUT2D eigenvalue weighted by Crippen LogP contribution is -2.49. The summed E-state index contributed by atoms with van der Waals surface area (Å²) in [6, 6.07) is 12.8. The number of ether oxygens (including phenoxy) is 2. The normalized spacial score (nSPS) is 13.9.